The van der Waals surface area contributed by atoms with Gasteiger partial charge in [-0.15, -0.1) is 0 Å². The normalized spacial score (nSPS) is 6.15. The molecule has 0 radical (unpaired) electrons. The Morgan fingerprint density at radius 1 is 0.538 bits per heavy atom. The zero-order valence-electron chi connectivity index (χ0n) is 7.56. The summed E-state index contributed by atoms with van der Waals surface area (Å²) in [6.07, 6.45) is 0. The quantitative estimate of drug-likeness (QED) is 0.647. The van der Waals surface area contributed by atoms with Gasteiger partial charge in [0.2, 0.25) is 0 Å². The first-order valence-electron chi connectivity index (χ1n) is 2.65. The third-order valence-electron chi connectivity index (χ3n) is 0.702. The fraction of sp³-hybridized carbons (Fsp3) is 0. The maximum atomic E-state index is 2.62. The molecule has 2 aromatic carbocycles. The molecule has 1 heteroatoms. The number of rotatable bonds is 0. The van der Waals surface area contributed by atoms with Crippen LogP contribution in [0.25, 0.3) is 0 Å². The number of hydrogen-bond acceptors (Lipinski definition) is 0. The zero-order valence-corrected chi connectivity index (χ0v) is 10.5. The summed E-state index contributed by atoms with van der Waals surface area (Å²) in [6.45, 7) is 0. The van der Waals surface area contributed by atoms with E-state index in [1.807, 2.05) is 0 Å². The van der Waals surface area contributed by atoms with Crippen molar-refractivity contribution in [1.82, 2.24) is 0 Å². The van der Waals surface area contributed by atoms with Gasteiger partial charge >= 0.3 is 0 Å². The predicted molar refractivity (Wildman–Crippen MR) is 47.6 cm³/mol. The van der Waals surface area contributed by atoms with Gasteiger partial charge in [0.15, 0.2) is 0 Å². The minimum Gasteiger partial charge on any atom is -0.999 e. The van der Waals surface area contributed by atoms with Gasteiger partial charge in [-0.25, -0.2) is 0 Å². The van der Waals surface area contributed by atoms with E-state index in [2.05, 4.69) is 48.5 Å². The van der Waals surface area contributed by atoms with Crippen molar-refractivity contribution in [2.45, 2.75) is 0 Å². The van der Waals surface area contributed by atoms with Crippen LogP contribution < -0.4 is 0 Å². The van der Waals surface area contributed by atoms with Crippen LogP contribution >= 0.6 is 0 Å². The molecule has 0 aliphatic carbocycles. The van der Waals surface area contributed by atoms with Crippen molar-refractivity contribution in [3.8, 4) is 0 Å². The molecule has 2 rings (SSSR count). The van der Waals surface area contributed by atoms with Gasteiger partial charge in [-0.05, 0) is 0 Å². The number of hydrogen-bond donors (Lipinski definition) is 0. The molecule has 74 valence electrons. The molecule has 0 aliphatic heterocycles. The molecule has 2 aromatic rings. The van der Waals surface area contributed by atoms with Gasteiger partial charge in [-0.3, -0.25) is 0 Å². The third kappa shape index (κ3) is 11.4. The van der Waals surface area contributed by atoms with E-state index in [1.165, 1.54) is 0 Å². The van der Waals surface area contributed by atoms with Gasteiger partial charge in [-0.1, -0.05) is 0 Å². The first-order chi connectivity index (χ1) is 5.00. The van der Waals surface area contributed by atoms with Gasteiger partial charge in [-0.2, -0.15) is 0 Å². The molecule has 0 aliphatic rings. The van der Waals surface area contributed by atoms with E-state index in [1.54, 1.807) is 12.1 Å². The van der Waals surface area contributed by atoms with Gasteiger partial charge in [0.25, 0.3) is 0 Å². The maximum absolute atomic E-state index is 2.62. The first kappa shape index (κ1) is 18.2. The standard InChI is InChI=1S/2C5H.2CH3.W/c2*1-2-4-5-3-1;;;/h2*1H;2*1H3;/q2*-5;2*-1;. The van der Waals surface area contributed by atoms with Crippen molar-refractivity contribution >= 4 is 0 Å². The second-order valence-electron chi connectivity index (χ2n) is 1.37. The summed E-state index contributed by atoms with van der Waals surface area (Å²) in [5.41, 5.74) is 0. The van der Waals surface area contributed by atoms with E-state index < -0.39 is 0 Å². The van der Waals surface area contributed by atoms with E-state index in [-0.39, 0.29) is 35.9 Å². The van der Waals surface area contributed by atoms with E-state index in [0.29, 0.717) is 0 Å². The van der Waals surface area contributed by atoms with Crippen LogP contribution in [-0.4, -0.2) is 0 Å². The Balaban J connectivity index is -0.000000125. The van der Waals surface area contributed by atoms with Crippen molar-refractivity contribution in [2.75, 3.05) is 0 Å². The maximum Gasteiger partial charge on any atom is 0 e. The summed E-state index contributed by atoms with van der Waals surface area (Å²) in [5.74, 6) is 0. The molecule has 0 amide bonds. The molecule has 0 aromatic heterocycles. The molecule has 0 bridgehead atoms. The zero-order chi connectivity index (χ0) is 7.07. The second-order valence-corrected chi connectivity index (χ2v) is 1.37. The van der Waals surface area contributed by atoms with Gasteiger partial charge in [0, 0.05) is 21.1 Å². The molecule has 0 nitrogen and oxygen atoms in total. The van der Waals surface area contributed by atoms with Crippen LogP contribution in [-0.2, 0) is 21.1 Å². The predicted octanol–water partition coefficient (Wildman–Crippen LogP) is 2.11. The monoisotopic (exact) mass is 336 g/mol. The van der Waals surface area contributed by atoms with E-state index in [0.717, 1.165) is 0 Å². The Hall–Kier alpha value is -0.612. The molecule has 0 saturated carbocycles. The fourth-order valence-electron chi connectivity index (χ4n) is 0.361. The molecule has 0 heterocycles. The SMILES string of the molecule is [CH3-].[CH3-].[W].[c-]1[c-][c-][cH-][c-]1.[c-]1[c-][c-][cH-][c-]1. The summed E-state index contributed by atoms with van der Waals surface area (Å²) in [7, 11) is 0. The summed E-state index contributed by atoms with van der Waals surface area (Å²) in [6, 6.07) is 24.0. The largest absolute Gasteiger partial charge is 0.999 e. The minimum absolute atomic E-state index is 0. The molecule has 0 atom stereocenters. The summed E-state index contributed by atoms with van der Waals surface area (Å²) in [5, 5.41) is 0. The van der Waals surface area contributed by atoms with E-state index in [4.69, 9.17) is 0 Å². The van der Waals surface area contributed by atoms with E-state index in [9.17, 15) is 0 Å². The third-order valence-corrected chi connectivity index (χ3v) is 0.702. The summed E-state index contributed by atoms with van der Waals surface area (Å²) >= 11 is 0. The Morgan fingerprint density at radius 2 is 0.769 bits per heavy atom. The Kier molecular flexibility index (Phi) is 19.6. The molecule has 0 spiro atoms. The van der Waals surface area contributed by atoms with Crippen LogP contribution in [0.2, 0.25) is 0 Å². The smallest absolute Gasteiger partial charge is 0 e. The van der Waals surface area contributed by atoms with Crippen molar-refractivity contribution in [3.05, 3.63) is 75.5 Å². The Bertz CT molecular complexity index is 144. The van der Waals surface area contributed by atoms with Crippen molar-refractivity contribution in [1.29, 1.82) is 0 Å². The summed E-state index contributed by atoms with van der Waals surface area (Å²) < 4.78 is 0. The molecule has 0 fully saturated rings. The summed E-state index contributed by atoms with van der Waals surface area (Å²) in [4.78, 5) is 0. The van der Waals surface area contributed by atoms with E-state index >= 15 is 0 Å². The minimum atomic E-state index is 0. The fourth-order valence-corrected chi connectivity index (χ4v) is 0.361. The van der Waals surface area contributed by atoms with Gasteiger partial charge in [0.05, 0.1) is 0 Å². The molecular formula is C12H8W-12. The molecule has 13 heavy (non-hydrogen) atoms. The van der Waals surface area contributed by atoms with Crippen LogP contribution in [0.1, 0.15) is 0 Å². The molecule has 0 saturated heterocycles. The second kappa shape index (κ2) is 13.9. The average Bonchev–Trinajstić information content (AvgIpc) is 2.67. The van der Waals surface area contributed by atoms with Gasteiger partial charge < -0.3 is 75.5 Å². The first-order valence-corrected chi connectivity index (χ1v) is 2.65. The van der Waals surface area contributed by atoms with Crippen molar-refractivity contribution in [3.63, 3.8) is 0 Å². The topological polar surface area (TPSA) is 0 Å². The van der Waals surface area contributed by atoms with Gasteiger partial charge in [0.1, 0.15) is 0 Å². The van der Waals surface area contributed by atoms with Crippen LogP contribution in [0.5, 0.6) is 0 Å². The van der Waals surface area contributed by atoms with Crippen LogP contribution in [0.15, 0.2) is 12.1 Å². The molecule has 0 unspecified atom stereocenters. The molecule has 0 N–H and O–H groups in total. The van der Waals surface area contributed by atoms with Crippen LogP contribution in [0, 0.1) is 63.4 Å². The van der Waals surface area contributed by atoms with Crippen LogP contribution in [0.3, 0.4) is 0 Å². The average molecular weight is 336 g/mol. The Labute approximate surface area is 96.6 Å². The Morgan fingerprint density at radius 3 is 0.846 bits per heavy atom. The molecular weight excluding hydrogens is 328 g/mol. The van der Waals surface area contributed by atoms with Crippen molar-refractivity contribution < 1.29 is 21.1 Å². The van der Waals surface area contributed by atoms with Crippen molar-refractivity contribution in [2.24, 2.45) is 0 Å². The van der Waals surface area contributed by atoms with Crippen LogP contribution in [0.4, 0.5) is 0 Å².